The number of benzene rings is 2. The van der Waals surface area contributed by atoms with E-state index in [0.29, 0.717) is 18.0 Å². The first kappa shape index (κ1) is 23.2. The third-order valence-corrected chi connectivity index (χ3v) is 7.08. The van der Waals surface area contributed by atoms with Gasteiger partial charge in [-0.3, -0.25) is 9.78 Å². The van der Waals surface area contributed by atoms with Crippen LogP contribution in [0.3, 0.4) is 0 Å². The molecule has 0 radical (unpaired) electrons. The second-order valence-electron chi connectivity index (χ2n) is 9.12. The SMILES string of the molecule is COc1ccc2nccc(C(=O)NCCCN3CCC(c4c[nH]c5ccc(OC)cc45)CC3)c2c1. The van der Waals surface area contributed by atoms with Crippen molar-refractivity contribution < 1.29 is 14.3 Å². The number of carbonyl (C=O) groups is 1. The van der Waals surface area contributed by atoms with E-state index >= 15 is 0 Å². The number of aromatic amines is 1. The van der Waals surface area contributed by atoms with E-state index in [1.165, 1.54) is 16.5 Å². The highest BCUT2D eigenvalue weighted by atomic mass is 16.5. The Hall–Kier alpha value is -3.58. The smallest absolute Gasteiger partial charge is 0.252 e. The van der Waals surface area contributed by atoms with Gasteiger partial charge in [-0.2, -0.15) is 0 Å². The fraction of sp³-hybridized carbons (Fsp3) is 0.357. The monoisotopic (exact) mass is 472 g/mol. The zero-order chi connectivity index (χ0) is 24.2. The number of pyridine rings is 1. The van der Waals surface area contributed by atoms with Gasteiger partial charge in [0.05, 0.1) is 25.3 Å². The van der Waals surface area contributed by atoms with Crippen LogP contribution in [0.4, 0.5) is 0 Å². The summed E-state index contributed by atoms with van der Waals surface area (Å²) in [5.74, 6) is 2.11. The van der Waals surface area contributed by atoms with Crippen molar-refractivity contribution in [3.8, 4) is 11.5 Å². The zero-order valence-electron chi connectivity index (χ0n) is 20.3. The lowest BCUT2D eigenvalue weighted by molar-refractivity contribution is 0.0952. The number of nitrogens with one attached hydrogen (secondary N) is 2. The van der Waals surface area contributed by atoms with Crippen molar-refractivity contribution in [1.82, 2.24) is 20.2 Å². The normalized spacial score (nSPS) is 14.9. The molecule has 1 amide bonds. The van der Waals surface area contributed by atoms with E-state index in [2.05, 4.69) is 38.5 Å². The Balaban J connectivity index is 1.11. The molecule has 0 bridgehead atoms. The van der Waals surface area contributed by atoms with Crippen molar-refractivity contribution in [2.75, 3.05) is 40.4 Å². The Morgan fingerprint density at radius 2 is 1.80 bits per heavy atom. The molecule has 1 saturated heterocycles. The van der Waals surface area contributed by atoms with Gasteiger partial charge in [-0.05, 0) is 92.8 Å². The molecular weight excluding hydrogens is 440 g/mol. The maximum atomic E-state index is 12.8. The van der Waals surface area contributed by atoms with Crippen molar-refractivity contribution in [2.24, 2.45) is 0 Å². The predicted molar refractivity (Wildman–Crippen MR) is 139 cm³/mol. The molecule has 5 rings (SSSR count). The van der Waals surface area contributed by atoms with E-state index in [0.717, 1.165) is 61.3 Å². The number of ether oxygens (including phenoxy) is 2. The van der Waals surface area contributed by atoms with Gasteiger partial charge >= 0.3 is 0 Å². The van der Waals surface area contributed by atoms with E-state index in [4.69, 9.17) is 9.47 Å². The molecule has 0 saturated carbocycles. The van der Waals surface area contributed by atoms with Crippen LogP contribution in [-0.4, -0.2) is 61.2 Å². The van der Waals surface area contributed by atoms with Crippen molar-refractivity contribution in [1.29, 1.82) is 0 Å². The molecule has 0 spiro atoms. The Morgan fingerprint density at radius 3 is 2.57 bits per heavy atom. The molecule has 0 unspecified atom stereocenters. The first-order valence-electron chi connectivity index (χ1n) is 12.2. The summed E-state index contributed by atoms with van der Waals surface area (Å²) in [5.41, 5.74) is 3.98. The minimum atomic E-state index is -0.0703. The zero-order valence-corrected chi connectivity index (χ0v) is 20.3. The molecule has 2 aromatic carbocycles. The number of carbonyl (C=O) groups excluding carboxylic acids is 1. The summed E-state index contributed by atoms with van der Waals surface area (Å²) >= 11 is 0. The highest BCUT2D eigenvalue weighted by Gasteiger charge is 2.23. The Bertz CT molecular complexity index is 1320. The van der Waals surface area contributed by atoms with Crippen LogP contribution in [-0.2, 0) is 0 Å². The Labute approximate surface area is 205 Å². The molecular formula is C28H32N4O3. The largest absolute Gasteiger partial charge is 0.497 e. The topological polar surface area (TPSA) is 79.5 Å². The number of aromatic nitrogens is 2. The molecule has 7 heteroatoms. The summed E-state index contributed by atoms with van der Waals surface area (Å²) in [6.45, 7) is 3.78. The van der Waals surface area contributed by atoms with Crippen LogP contribution >= 0.6 is 0 Å². The van der Waals surface area contributed by atoms with Crippen LogP contribution in [0, 0.1) is 0 Å². The average molecular weight is 473 g/mol. The molecule has 2 N–H and O–H groups in total. The summed E-state index contributed by atoms with van der Waals surface area (Å²) in [6, 6.07) is 13.6. The van der Waals surface area contributed by atoms with Crippen molar-refractivity contribution >= 4 is 27.7 Å². The van der Waals surface area contributed by atoms with Gasteiger partial charge in [-0.1, -0.05) is 0 Å². The van der Waals surface area contributed by atoms with Crippen LogP contribution in [0.2, 0.25) is 0 Å². The molecule has 4 aromatic rings. The second-order valence-corrected chi connectivity index (χ2v) is 9.12. The van der Waals surface area contributed by atoms with Crippen LogP contribution in [0.25, 0.3) is 21.8 Å². The van der Waals surface area contributed by atoms with E-state index in [9.17, 15) is 4.79 Å². The number of hydrogen-bond donors (Lipinski definition) is 2. The lowest BCUT2D eigenvalue weighted by Gasteiger charge is -2.32. The number of hydrogen-bond acceptors (Lipinski definition) is 5. The van der Waals surface area contributed by atoms with E-state index in [1.54, 1.807) is 26.5 Å². The molecule has 1 fully saturated rings. The molecule has 3 heterocycles. The molecule has 0 aliphatic carbocycles. The third kappa shape index (κ3) is 4.95. The summed E-state index contributed by atoms with van der Waals surface area (Å²) < 4.78 is 10.7. The van der Waals surface area contributed by atoms with E-state index < -0.39 is 0 Å². The van der Waals surface area contributed by atoms with Gasteiger partial charge in [-0.15, -0.1) is 0 Å². The van der Waals surface area contributed by atoms with Gasteiger partial charge in [0.2, 0.25) is 0 Å². The van der Waals surface area contributed by atoms with Crippen LogP contribution in [0.15, 0.2) is 54.9 Å². The van der Waals surface area contributed by atoms with Crippen LogP contribution < -0.4 is 14.8 Å². The number of nitrogens with zero attached hydrogens (tertiary/aromatic N) is 2. The fourth-order valence-electron chi connectivity index (χ4n) is 5.10. The third-order valence-electron chi connectivity index (χ3n) is 7.08. The lowest BCUT2D eigenvalue weighted by atomic mass is 9.89. The highest BCUT2D eigenvalue weighted by molar-refractivity contribution is 6.06. The van der Waals surface area contributed by atoms with Crippen LogP contribution in [0.1, 0.15) is 41.1 Å². The summed E-state index contributed by atoms with van der Waals surface area (Å²) in [4.78, 5) is 23.1. The minimum absolute atomic E-state index is 0.0703. The maximum Gasteiger partial charge on any atom is 0.252 e. The Kier molecular flexibility index (Phi) is 6.86. The molecule has 1 aliphatic heterocycles. The van der Waals surface area contributed by atoms with Gasteiger partial charge in [0.25, 0.3) is 5.91 Å². The number of H-pyrrole nitrogens is 1. The molecule has 35 heavy (non-hydrogen) atoms. The quantitative estimate of drug-likeness (QED) is 0.363. The van der Waals surface area contributed by atoms with Gasteiger partial charge < -0.3 is 24.7 Å². The number of rotatable bonds is 8. The number of piperidine rings is 1. The second kappa shape index (κ2) is 10.4. The maximum absolute atomic E-state index is 12.8. The average Bonchev–Trinajstić information content (AvgIpc) is 3.33. The van der Waals surface area contributed by atoms with Gasteiger partial charge in [0.1, 0.15) is 11.5 Å². The standard InChI is InChI=1S/C28H32N4O3/c1-34-20-4-6-26-23(16-20)22(8-12-29-26)28(33)30-11-3-13-32-14-9-19(10-15-32)25-18-31-27-7-5-21(35-2)17-24(25)27/h4-8,12,16-19,31H,3,9-11,13-15H2,1-2H3,(H,30,33). The minimum Gasteiger partial charge on any atom is -0.497 e. The molecule has 1 aliphatic rings. The molecule has 182 valence electrons. The number of amides is 1. The summed E-state index contributed by atoms with van der Waals surface area (Å²) in [7, 11) is 3.34. The van der Waals surface area contributed by atoms with Gasteiger partial charge in [0.15, 0.2) is 0 Å². The fourth-order valence-corrected chi connectivity index (χ4v) is 5.10. The van der Waals surface area contributed by atoms with Crippen molar-refractivity contribution in [3.63, 3.8) is 0 Å². The number of methoxy groups -OCH3 is 2. The van der Waals surface area contributed by atoms with Gasteiger partial charge in [0, 0.05) is 35.2 Å². The molecule has 2 aromatic heterocycles. The van der Waals surface area contributed by atoms with Gasteiger partial charge in [-0.25, -0.2) is 0 Å². The molecule has 0 atom stereocenters. The van der Waals surface area contributed by atoms with Crippen molar-refractivity contribution in [2.45, 2.75) is 25.2 Å². The Morgan fingerprint density at radius 1 is 1.06 bits per heavy atom. The predicted octanol–water partition coefficient (Wildman–Crippen LogP) is 4.73. The summed E-state index contributed by atoms with van der Waals surface area (Å²) in [5, 5.41) is 5.16. The number of likely N-dealkylation sites (tertiary alicyclic amines) is 1. The number of fused-ring (bicyclic) bond motifs is 2. The highest BCUT2D eigenvalue weighted by Crippen LogP contribution is 2.34. The van der Waals surface area contributed by atoms with Crippen molar-refractivity contribution in [3.05, 3.63) is 66.0 Å². The van der Waals surface area contributed by atoms with E-state index in [-0.39, 0.29) is 5.91 Å². The molecule has 7 nitrogen and oxygen atoms in total. The van der Waals surface area contributed by atoms with Crippen LogP contribution in [0.5, 0.6) is 11.5 Å². The first-order valence-corrected chi connectivity index (χ1v) is 12.2. The first-order chi connectivity index (χ1) is 17.2. The summed E-state index contributed by atoms with van der Waals surface area (Å²) in [6.07, 6.45) is 7.05. The lowest BCUT2D eigenvalue weighted by Crippen LogP contribution is -2.35. The van der Waals surface area contributed by atoms with E-state index in [1.807, 2.05) is 24.3 Å².